The van der Waals surface area contributed by atoms with E-state index >= 15 is 0 Å². The minimum Gasteiger partial charge on any atom is -0.452 e. The number of aryl methyl sites for hydroxylation is 1. The molecule has 1 aromatic rings. The van der Waals surface area contributed by atoms with Crippen LogP contribution in [-0.4, -0.2) is 30.6 Å². The van der Waals surface area contributed by atoms with Gasteiger partial charge in [0.1, 0.15) is 0 Å². The molecule has 1 saturated carbocycles. The number of urea groups is 1. The zero-order valence-electron chi connectivity index (χ0n) is 14.1. The van der Waals surface area contributed by atoms with Crippen molar-refractivity contribution in [3.8, 4) is 0 Å². The van der Waals surface area contributed by atoms with Crippen molar-refractivity contribution < 1.29 is 19.1 Å². The van der Waals surface area contributed by atoms with Gasteiger partial charge in [-0.1, -0.05) is 38.0 Å². The summed E-state index contributed by atoms with van der Waals surface area (Å²) in [6.45, 7) is 3.39. The number of hydrogen-bond donors (Lipinski definition) is 2. The fraction of sp³-hybridized carbons (Fsp3) is 0.500. The summed E-state index contributed by atoms with van der Waals surface area (Å²) in [7, 11) is 0. The molecular weight excluding hydrogens is 308 g/mol. The molecule has 1 aromatic carbocycles. The second kappa shape index (κ2) is 8.47. The Morgan fingerprint density at radius 2 is 1.88 bits per heavy atom. The lowest BCUT2D eigenvalue weighted by Gasteiger charge is -2.29. The molecule has 24 heavy (non-hydrogen) atoms. The smallest absolute Gasteiger partial charge is 0.338 e. The predicted molar refractivity (Wildman–Crippen MR) is 89.6 cm³/mol. The summed E-state index contributed by atoms with van der Waals surface area (Å²) < 4.78 is 4.95. The Morgan fingerprint density at radius 1 is 1.17 bits per heavy atom. The van der Waals surface area contributed by atoms with E-state index in [1.807, 2.05) is 6.07 Å². The highest BCUT2D eigenvalue weighted by Gasteiger charge is 2.23. The maximum atomic E-state index is 11.9. The van der Waals surface area contributed by atoms with Gasteiger partial charge in [0.15, 0.2) is 6.61 Å². The molecule has 130 valence electrons. The first-order valence-corrected chi connectivity index (χ1v) is 8.30. The van der Waals surface area contributed by atoms with Crippen LogP contribution in [0.1, 0.15) is 48.5 Å². The van der Waals surface area contributed by atoms with Gasteiger partial charge in [0.2, 0.25) is 0 Å². The number of ether oxygens (including phenoxy) is 1. The van der Waals surface area contributed by atoms with Crippen molar-refractivity contribution in [2.75, 3.05) is 6.61 Å². The summed E-state index contributed by atoms with van der Waals surface area (Å²) in [6, 6.07) is 6.51. The van der Waals surface area contributed by atoms with E-state index in [9.17, 15) is 14.4 Å². The minimum atomic E-state index is -0.641. The number of hydrogen-bond acceptors (Lipinski definition) is 4. The first-order valence-electron chi connectivity index (χ1n) is 8.30. The number of nitrogens with one attached hydrogen (secondary N) is 2. The second-order valence-electron chi connectivity index (χ2n) is 6.28. The van der Waals surface area contributed by atoms with E-state index in [4.69, 9.17) is 4.74 Å². The molecular formula is C18H24N2O4. The molecule has 0 spiro atoms. The first kappa shape index (κ1) is 18.0. The van der Waals surface area contributed by atoms with Crippen molar-refractivity contribution in [2.45, 2.75) is 45.6 Å². The summed E-state index contributed by atoms with van der Waals surface area (Å²) in [5.74, 6) is -0.819. The number of rotatable bonds is 4. The molecule has 0 saturated heterocycles. The molecule has 0 aliphatic heterocycles. The van der Waals surface area contributed by atoms with Crippen LogP contribution in [0.15, 0.2) is 24.3 Å². The summed E-state index contributed by atoms with van der Waals surface area (Å²) in [6.07, 6.45) is 4.25. The molecule has 2 N–H and O–H groups in total. The lowest BCUT2D eigenvalue weighted by atomic mass is 9.86. The SMILES string of the molecule is Cc1ccccc1C(=O)OCC(=O)NC(=O)N[C@@H]1CCCC[C@@H]1C. The van der Waals surface area contributed by atoms with Crippen LogP contribution in [-0.2, 0) is 9.53 Å². The highest BCUT2D eigenvalue weighted by molar-refractivity contribution is 5.97. The normalized spacial score (nSPS) is 20.1. The Bertz CT molecular complexity index is 615. The largest absolute Gasteiger partial charge is 0.452 e. The molecule has 0 heterocycles. The molecule has 2 rings (SSSR count). The van der Waals surface area contributed by atoms with Gasteiger partial charge in [-0.2, -0.15) is 0 Å². The van der Waals surface area contributed by atoms with Crippen LogP contribution < -0.4 is 10.6 Å². The fourth-order valence-corrected chi connectivity index (χ4v) is 2.91. The first-order chi connectivity index (χ1) is 11.5. The van der Waals surface area contributed by atoms with Gasteiger partial charge in [0.25, 0.3) is 5.91 Å². The Labute approximate surface area is 142 Å². The Hall–Kier alpha value is -2.37. The van der Waals surface area contributed by atoms with E-state index < -0.39 is 24.5 Å². The molecule has 2 atom stereocenters. The van der Waals surface area contributed by atoms with E-state index in [0.29, 0.717) is 11.5 Å². The van der Waals surface area contributed by atoms with E-state index in [1.54, 1.807) is 25.1 Å². The van der Waals surface area contributed by atoms with Crippen molar-refractivity contribution in [1.29, 1.82) is 0 Å². The number of esters is 1. The molecule has 3 amide bonds. The lowest BCUT2D eigenvalue weighted by Crippen LogP contribution is -2.48. The fourth-order valence-electron chi connectivity index (χ4n) is 2.91. The van der Waals surface area contributed by atoms with Crippen LogP contribution in [0.4, 0.5) is 4.79 Å². The van der Waals surface area contributed by atoms with Gasteiger partial charge < -0.3 is 10.1 Å². The summed E-state index contributed by atoms with van der Waals surface area (Å²) in [5.41, 5.74) is 1.18. The third-order valence-electron chi connectivity index (χ3n) is 4.38. The van der Waals surface area contributed by atoms with Crippen LogP contribution in [0.5, 0.6) is 0 Å². The van der Waals surface area contributed by atoms with Crippen LogP contribution >= 0.6 is 0 Å². The maximum Gasteiger partial charge on any atom is 0.338 e. The van der Waals surface area contributed by atoms with Gasteiger partial charge in [-0.15, -0.1) is 0 Å². The third-order valence-corrected chi connectivity index (χ3v) is 4.38. The van der Waals surface area contributed by atoms with Gasteiger partial charge in [0.05, 0.1) is 5.56 Å². The lowest BCUT2D eigenvalue weighted by molar-refractivity contribution is -0.123. The number of benzene rings is 1. The van der Waals surface area contributed by atoms with Crippen molar-refractivity contribution in [3.63, 3.8) is 0 Å². The number of imide groups is 1. The summed E-state index contributed by atoms with van der Waals surface area (Å²) in [4.78, 5) is 35.5. The topological polar surface area (TPSA) is 84.5 Å². The van der Waals surface area contributed by atoms with Gasteiger partial charge >= 0.3 is 12.0 Å². The maximum absolute atomic E-state index is 11.9. The molecule has 0 aromatic heterocycles. The molecule has 1 aliphatic rings. The van der Waals surface area contributed by atoms with Crippen LogP contribution in [0.2, 0.25) is 0 Å². The Kier molecular flexibility index (Phi) is 6.35. The molecule has 0 radical (unpaired) electrons. The van der Waals surface area contributed by atoms with Gasteiger partial charge in [-0.3, -0.25) is 10.1 Å². The number of carbonyl (C=O) groups is 3. The average molecular weight is 332 g/mol. The summed E-state index contributed by atoms with van der Waals surface area (Å²) in [5, 5.41) is 5.02. The van der Waals surface area contributed by atoms with Gasteiger partial charge in [0, 0.05) is 6.04 Å². The van der Waals surface area contributed by atoms with Crippen LogP contribution in [0.3, 0.4) is 0 Å². The molecule has 1 aliphatic carbocycles. The predicted octanol–water partition coefficient (Wildman–Crippen LogP) is 2.56. The highest BCUT2D eigenvalue weighted by atomic mass is 16.5. The van der Waals surface area contributed by atoms with Gasteiger partial charge in [-0.25, -0.2) is 9.59 Å². The standard InChI is InChI=1S/C18H24N2O4/c1-12-7-3-5-9-14(12)17(22)24-11-16(21)20-18(23)19-15-10-6-4-8-13(15)2/h3,5,7,9,13,15H,4,6,8,10-11H2,1-2H3,(H2,19,20,21,23)/t13-,15+/m0/s1. The Morgan fingerprint density at radius 3 is 2.58 bits per heavy atom. The van der Waals surface area contributed by atoms with E-state index in [1.165, 1.54) is 6.42 Å². The average Bonchev–Trinajstić information content (AvgIpc) is 2.55. The van der Waals surface area contributed by atoms with E-state index in [-0.39, 0.29) is 6.04 Å². The third kappa shape index (κ3) is 5.08. The van der Waals surface area contributed by atoms with Crippen LogP contribution in [0, 0.1) is 12.8 Å². The number of amides is 3. The molecule has 0 bridgehead atoms. The molecule has 6 heteroatoms. The quantitative estimate of drug-likeness (QED) is 0.830. The Balaban J connectivity index is 1.75. The van der Waals surface area contributed by atoms with Crippen molar-refractivity contribution in [3.05, 3.63) is 35.4 Å². The van der Waals surface area contributed by atoms with Gasteiger partial charge in [-0.05, 0) is 37.3 Å². The van der Waals surface area contributed by atoms with Crippen LogP contribution in [0.25, 0.3) is 0 Å². The molecule has 6 nitrogen and oxygen atoms in total. The zero-order valence-corrected chi connectivity index (χ0v) is 14.1. The second-order valence-corrected chi connectivity index (χ2v) is 6.28. The number of carbonyl (C=O) groups excluding carboxylic acids is 3. The van der Waals surface area contributed by atoms with Crippen molar-refractivity contribution in [2.24, 2.45) is 5.92 Å². The zero-order chi connectivity index (χ0) is 17.5. The van der Waals surface area contributed by atoms with Crippen molar-refractivity contribution >= 4 is 17.9 Å². The molecule has 0 unspecified atom stereocenters. The monoisotopic (exact) mass is 332 g/mol. The minimum absolute atomic E-state index is 0.0843. The van der Waals surface area contributed by atoms with Crippen molar-refractivity contribution in [1.82, 2.24) is 10.6 Å². The summed E-state index contributed by atoms with van der Waals surface area (Å²) >= 11 is 0. The highest BCUT2D eigenvalue weighted by Crippen LogP contribution is 2.23. The van der Waals surface area contributed by atoms with E-state index in [2.05, 4.69) is 17.6 Å². The molecule has 1 fully saturated rings. The van der Waals surface area contributed by atoms with E-state index in [0.717, 1.165) is 24.8 Å².